The zero-order valence-electron chi connectivity index (χ0n) is 14.1. The van der Waals surface area contributed by atoms with Gasteiger partial charge in [0.1, 0.15) is 12.3 Å². The molecule has 23 heavy (non-hydrogen) atoms. The predicted octanol–water partition coefficient (Wildman–Crippen LogP) is 2.39. The molecule has 0 aromatic carbocycles. The fraction of sp³-hybridized carbons (Fsp3) is 0.600. The molecule has 0 spiro atoms. The van der Waals surface area contributed by atoms with Crippen molar-refractivity contribution in [1.29, 1.82) is 0 Å². The summed E-state index contributed by atoms with van der Waals surface area (Å²) < 4.78 is 31.8. The lowest BCUT2D eigenvalue weighted by Gasteiger charge is -2.32. The van der Waals surface area contributed by atoms with Crippen LogP contribution in [0.15, 0.2) is 18.1 Å². The van der Waals surface area contributed by atoms with Crippen LogP contribution in [0.3, 0.4) is 0 Å². The third-order valence-electron chi connectivity index (χ3n) is 4.03. The molecule has 0 N–H and O–H groups in total. The summed E-state index contributed by atoms with van der Waals surface area (Å²) in [6.07, 6.45) is 4.31. The zero-order chi connectivity index (χ0) is 17.3. The average molecular weight is 324 g/mol. The Bertz CT molecular complexity index is 596. The number of rotatable bonds is 5. The van der Waals surface area contributed by atoms with Gasteiger partial charge in [-0.25, -0.2) is 4.39 Å². The normalized spacial score (nSPS) is 19.9. The number of hydrogen-bond acceptors (Lipinski definition) is 5. The van der Waals surface area contributed by atoms with E-state index in [2.05, 4.69) is 5.10 Å². The maximum atomic E-state index is 14.4. The molecule has 2 heterocycles. The van der Waals surface area contributed by atoms with Crippen LogP contribution in [0, 0.1) is 0 Å². The van der Waals surface area contributed by atoms with Gasteiger partial charge in [0.2, 0.25) is 0 Å². The van der Waals surface area contributed by atoms with Crippen LogP contribution in [0.25, 0.3) is 6.08 Å². The first-order chi connectivity index (χ1) is 10.6. The summed E-state index contributed by atoms with van der Waals surface area (Å²) in [6, 6.07) is 0. The van der Waals surface area contributed by atoms with Gasteiger partial charge < -0.3 is 14.0 Å². The minimum atomic E-state index is -1.05. The van der Waals surface area contributed by atoms with Crippen molar-refractivity contribution >= 4 is 19.2 Å². The zero-order valence-corrected chi connectivity index (χ0v) is 14.1. The highest BCUT2D eigenvalue weighted by Crippen LogP contribution is 2.38. The molecule has 1 aliphatic heterocycles. The highest BCUT2D eigenvalue weighted by molar-refractivity contribution is 6.54. The molecule has 0 radical (unpaired) electrons. The van der Waals surface area contributed by atoms with Gasteiger partial charge in [0.05, 0.1) is 24.0 Å². The molecule has 2 rings (SSSR count). The maximum Gasteiger partial charge on any atom is 0.525 e. The second-order valence-corrected chi connectivity index (χ2v) is 6.39. The first-order valence-electron chi connectivity index (χ1n) is 7.55. The molecule has 8 heteroatoms. The number of ether oxygens (including phenoxy) is 1. The Labute approximate surface area is 135 Å². The van der Waals surface area contributed by atoms with Gasteiger partial charge in [-0.3, -0.25) is 9.48 Å². The van der Waals surface area contributed by atoms with Gasteiger partial charge in [-0.05, 0) is 40.7 Å². The van der Waals surface area contributed by atoms with Gasteiger partial charge in [-0.1, -0.05) is 0 Å². The van der Waals surface area contributed by atoms with Gasteiger partial charge in [0.25, 0.3) is 0 Å². The highest BCUT2D eigenvalue weighted by atomic mass is 19.1. The minimum absolute atomic E-state index is 0.0141. The van der Waals surface area contributed by atoms with Crippen molar-refractivity contribution < 1.29 is 23.2 Å². The van der Waals surface area contributed by atoms with E-state index >= 15 is 0 Å². The second-order valence-electron chi connectivity index (χ2n) is 6.39. The predicted molar refractivity (Wildman–Crippen MR) is 84.0 cm³/mol. The van der Waals surface area contributed by atoms with Gasteiger partial charge in [-0.15, -0.1) is 0 Å². The molecule has 0 unspecified atom stereocenters. The Morgan fingerprint density at radius 3 is 2.57 bits per heavy atom. The van der Waals surface area contributed by atoms with E-state index in [1.165, 1.54) is 17.0 Å². The van der Waals surface area contributed by atoms with E-state index in [0.717, 1.165) is 0 Å². The lowest BCUT2D eigenvalue weighted by atomic mass is 9.87. The molecule has 0 atom stereocenters. The van der Waals surface area contributed by atoms with E-state index in [4.69, 9.17) is 14.0 Å². The molecule has 0 aliphatic carbocycles. The highest BCUT2D eigenvalue weighted by Gasteiger charge is 2.53. The van der Waals surface area contributed by atoms with Crippen LogP contribution < -0.4 is 0 Å². The van der Waals surface area contributed by atoms with Gasteiger partial charge in [-0.2, -0.15) is 5.10 Å². The lowest BCUT2D eigenvalue weighted by Crippen LogP contribution is -2.41. The van der Waals surface area contributed by atoms with Crippen molar-refractivity contribution in [3.8, 4) is 0 Å². The van der Waals surface area contributed by atoms with Gasteiger partial charge in [0.15, 0.2) is 0 Å². The number of halogens is 1. The van der Waals surface area contributed by atoms with Crippen molar-refractivity contribution in [3.63, 3.8) is 0 Å². The Balaban J connectivity index is 2.05. The number of esters is 1. The van der Waals surface area contributed by atoms with Crippen LogP contribution in [-0.4, -0.2) is 40.7 Å². The summed E-state index contributed by atoms with van der Waals surface area (Å²) in [7, 11) is -1.05. The summed E-state index contributed by atoms with van der Waals surface area (Å²) in [4.78, 5) is 11.4. The molecule has 1 fully saturated rings. The number of aromatic nitrogens is 2. The van der Waals surface area contributed by atoms with Crippen molar-refractivity contribution in [1.82, 2.24) is 9.78 Å². The Morgan fingerprint density at radius 2 is 2.00 bits per heavy atom. The molecule has 126 valence electrons. The average Bonchev–Trinajstić information content (AvgIpc) is 2.92. The van der Waals surface area contributed by atoms with E-state index in [1.807, 2.05) is 27.7 Å². The number of nitrogens with zero attached hydrogens (tertiary/aromatic N) is 2. The van der Waals surface area contributed by atoms with Crippen molar-refractivity contribution in [2.45, 2.75) is 52.4 Å². The molecule has 1 aliphatic rings. The second kappa shape index (κ2) is 6.45. The Hall–Kier alpha value is -1.67. The number of hydrogen-bond donors (Lipinski definition) is 0. The van der Waals surface area contributed by atoms with Crippen LogP contribution in [0.1, 0.15) is 40.2 Å². The summed E-state index contributed by atoms with van der Waals surface area (Å²) in [6.45, 7) is 9.46. The quantitative estimate of drug-likeness (QED) is 0.615. The molecule has 1 aromatic rings. The Kier molecular flexibility index (Phi) is 4.96. The topological polar surface area (TPSA) is 62.6 Å². The van der Waals surface area contributed by atoms with Crippen molar-refractivity contribution in [2.75, 3.05) is 6.61 Å². The molecule has 0 amide bonds. The fourth-order valence-electron chi connectivity index (χ4n) is 2.06. The third kappa shape index (κ3) is 4.00. The smallest absolute Gasteiger partial charge is 0.465 e. The van der Waals surface area contributed by atoms with E-state index < -0.39 is 30.0 Å². The molecular weight excluding hydrogens is 302 g/mol. The molecule has 6 nitrogen and oxygen atoms in total. The van der Waals surface area contributed by atoms with Crippen LogP contribution in [-0.2, 0) is 25.4 Å². The molecular formula is C15H22BFN2O4. The minimum Gasteiger partial charge on any atom is -0.465 e. The fourth-order valence-corrected chi connectivity index (χ4v) is 2.06. The van der Waals surface area contributed by atoms with Crippen LogP contribution in [0.2, 0.25) is 0 Å². The molecule has 0 bridgehead atoms. The summed E-state index contributed by atoms with van der Waals surface area (Å²) in [5, 5.41) is 4.00. The molecule has 0 saturated carbocycles. The van der Waals surface area contributed by atoms with Crippen LogP contribution >= 0.6 is 0 Å². The first-order valence-corrected chi connectivity index (χ1v) is 7.55. The monoisotopic (exact) mass is 324 g/mol. The number of carbonyl (C=O) groups is 1. The van der Waals surface area contributed by atoms with E-state index in [-0.39, 0.29) is 6.54 Å². The maximum absolute atomic E-state index is 14.4. The standard InChI is InChI=1S/C15H22BFN2O4/c1-6-21-13(20)10-19-9-11(8-18-19)7-12(17)16-22-14(2,3)15(4,5)23-16/h7-9H,6,10H2,1-5H3. The van der Waals surface area contributed by atoms with E-state index in [9.17, 15) is 9.18 Å². The SMILES string of the molecule is CCOC(=O)Cn1cc(C=C(F)B2OC(C)(C)C(C)(C)O2)cn1. The summed E-state index contributed by atoms with van der Waals surface area (Å²) in [5.41, 5.74) is -1.23. The number of carbonyl (C=O) groups excluding carboxylic acids is 1. The van der Waals surface area contributed by atoms with Crippen molar-refractivity contribution in [2.24, 2.45) is 0 Å². The van der Waals surface area contributed by atoms with Crippen molar-refractivity contribution in [3.05, 3.63) is 23.7 Å². The molecule has 1 aromatic heterocycles. The Morgan fingerprint density at radius 1 is 1.39 bits per heavy atom. The third-order valence-corrected chi connectivity index (χ3v) is 4.03. The van der Waals surface area contributed by atoms with E-state index in [1.54, 1.807) is 13.1 Å². The lowest BCUT2D eigenvalue weighted by molar-refractivity contribution is -0.144. The van der Waals surface area contributed by atoms with E-state index in [0.29, 0.717) is 12.2 Å². The largest absolute Gasteiger partial charge is 0.525 e. The van der Waals surface area contributed by atoms with Crippen LogP contribution in [0.4, 0.5) is 4.39 Å². The van der Waals surface area contributed by atoms with Crippen LogP contribution in [0.5, 0.6) is 0 Å². The van der Waals surface area contributed by atoms with Gasteiger partial charge in [0, 0.05) is 11.8 Å². The molecule has 1 saturated heterocycles. The summed E-state index contributed by atoms with van der Waals surface area (Å²) >= 11 is 0. The summed E-state index contributed by atoms with van der Waals surface area (Å²) in [5.74, 6) is -0.391. The first kappa shape index (κ1) is 17.7. The van der Waals surface area contributed by atoms with Gasteiger partial charge >= 0.3 is 13.1 Å².